The first kappa shape index (κ1) is 16.9. The number of hydrogen-bond donors (Lipinski definition) is 3. The van der Waals surface area contributed by atoms with Crippen molar-refractivity contribution in [2.75, 3.05) is 17.2 Å². The number of pyridine rings is 2. The maximum absolute atomic E-state index is 10.6. The molecule has 0 radical (unpaired) electrons. The van der Waals surface area contributed by atoms with Gasteiger partial charge in [-0.2, -0.15) is 0 Å². The van der Waals surface area contributed by atoms with Crippen molar-refractivity contribution in [1.29, 1.82) is 0 Å². The summed E-state index contributed by atoms with van der Waals surface area (Å²) >= 11 is 0. The van der Waals surface area contributed by atoms with Gasteiger partial charge in [-0.3, -0.25) is 20.1 Å². The minimum Gasteiger partial charge on any atom is -0.397 e. The molecule has 2 aromatic heterocycles. The van der Waals surface area contributed by atoms with E-state index in [-0.39, 0.29) is 11.4 Å². The molecule has 2 aromatic carbocycles. The van der Waals surface area contributed by atoms with Gasteiger partial charge < -0.3 is 17.2 Å². The number of rotatable bonds is 1. The quantitative estimate of drug-likeness (QED) is 0.272. The molecule has 8 nitrogen and oxygen atoms in total. The normalized spacial score (nSPS) is 10.3. The molecular formula is C18H16N6O2. The molecule has 0 atom stereocenters. The summed E-state index contributed by atoms with van der Waals surface area (Å²) in [7, 11) is 0. The average molecular weight is 348 g/mol. The zero-order chi connectivity index (χ0) is 18.7. The van der Waals surface area contributed by atoms with Crippen LogP contribution in [0.5, 0.6) is 0 Å². The number of hydrogen-bond acceptors (Lipinski definition) is 7. The number of nitro benzene ring substituents is 1. The van der Waals surface area contributed by atoms with Gasteiger partial charge in [0.05, 0.1) is 27.3 Å². The highest BCUT2D eigenvalue weighted by atomic mass is 16.6. The Morgan fingerprint density at radius 1 is 0.769 bits per heavy atom. The van der Waals surface area contributed by atoms with E-state index < -0.39 is 4.92 Å². The lowest BCUT2D eigenvalue weighted by atomic mass is 10.1. The molecule has 0 saturated carbocycles. The summed E-state index contributed by atoms with van der Waals surface area (Å²) in [4.78, 5) is 18.3. The zero-order valence-electron chi connectivity index (χ0n) is 13.7. The fraction of sp³-hybridized carbons (Fsp3) is 0. The molecule has 130 valence electrons. The van der Waals surface area contributed by atoms with Gasteiger partial charge in [-0.25, -0.2) is 0 Å². The maximum Gasteiger partial charge on any atom is 0.292 e. The van der Waals surface area contributed by atoms with Crippen LogP contribution >= 0.6 is 0 Å². The van der Waals surface area contributed by atoms with E-state index in [9.17, 15) is 10.1 Å². The fourth-order valence-corrected chi connectivity index (χ4v) is 2.51. The Bertz CT molecular complexity index is 1110. The summed E-state index contributed by atoms with van der Waals surface area (Å²) in [5.41, 5.74) is 19.9. The van der Waals surface area contributed by atoms with E-state index in [0.717, 1.165) is 10.9 Å². The van der Waals surface area contributed by atoms with Gasteiger partial charge in [0.1, 0.15) is 5.69 Å². The SMILES string of the molecule is Nc1c([N+](=O)[O-])ccc2ncccc12.Nc1ccc2ncccc2c1N. The van der Waals surface area contributed by atoms with Crippen molar-refractivity contribution in [3.63, 3.8) is 0 Å². The van der Waals surface area contributed by atoms with Gasteiger partial charge >= 0.3 is 0 Å². The second kappa shape index (κ2) is 6.89. The molecule has 0 aliphatic heterocycles. The summed E-state index contributed by atoms with van der Waals surface area (Å²) in [5.74, 6) is 0. The molecule has 0 unspecified atom stereocenters. The standard InChI is InChI=1S/C9H7N3O2.C9H9N3/c10-9-6-2-1-5-11-7(6)3-4-8(9)12(13)14;10-7-3-4-8-6(9(7)11)2-1-5-12-8/h1-5H,10H2;1-5H,10-11H2. The van der Waals surface area contributed by atoms with Gasteiger partial charge in [0.15, 0.2) is 0 Å². The van der Waals surface area contributed by atoms with Crippen LogP contribution < -0.4 is 17.2 Å². The first-order valence-corrected chi connectivity index (χ1v) is 7.65. The number of nitrogen functional groups attached to an aromatic ring is 3. The predicted octanol–water partition coefficient (Wildman–Crippen LogP) is 3.12. The van der Waals surface area contributed by atoms with Crippen molar-refractivity contribution >= 4 is 44.6 Å². The maximum atomic E-state index is 10.6. The molecule has 0 aliphatic rings. The van der Waals surface area contributed by atoms with Crippen LogP contribution in [0.25, 0.3) is 21.8 Å². The summed E-state index contributed by atoms with van der Waals surface area (Å²) < 4.78 is 0. The van der Waals surface area contributed by atoms with Crippen LogP contribution in [0.2, 0.25) is 0 Å². The van der Waals surface area contributed by atoms with E-state index in [4.69, 9.17) is 17.2 Å². The van der Waals surface area contributed by atoms with Crippen LogP contribution in [0.15, 0.2) is 60.9 Å². The van der Waals surface area contributed by atoms with E-state index in [1.165, 1.54) is 6.07 Å². The number of benzene rings is 2. The van der Waals surface area contributed by atoms with Crippen molar-refractivity contribution in [2.45, 2.75) is 0 Å². The molecule has 0 fully saturated rings. The van der Waals surface area contributed by atoms with Crippen LogP contribution in [-0.2, 0) is 0 Å². The summed E-state index contributed by atoms with van der Waals surface area (Å²) in [6.45, 7) is 0. The summed E-state index contributed by atoms with van der Waals surface area (Å²) in [6.07, 6.45) is 3.35. The van der Waals surface area contributed by atoms with Crippen molar-refractivity contribution in [3.8, 4) is 0 Å². The second-order valence-corrected chi connectivity index (χ2v) is 5.46. The Morgan fingerprint density at radius 3 is 1.88 bits per heavy atom. The van der Waals surface area contributed by atoms with E-state index in [2.05, 4.69) is 9.97 Å². The number of aromatic nitrogens is 2. The van der Waals surface area contributed by atoms with E-state index in [1.54, 1.807) is 36.7 Å². The molecule has 0 aliphatic carbocycles. The summed E-state index contributed by atoms with van der Waals surface area (Å²) in [5, 5.41) is 12.1. The molecule has 4 aromatic rings. The third-order valence-corrected chi connectivity index (χ3v) is 3.86. The highest BCUT2D eigenvalue weighted by molar-refractivity contribution is 5.96. The largest absolute Gasteiger partial charge is 0.397 e. The number of nitrogens with zero attached hydrogens (tertiary/aromatic N) is 3. The second-order valence-electron chi connectivity index (χ2n) is 5.46. The minimum atomic E-state index is -0.498. The van der Waals surface area contributed by atoms with Gasteiger partial charge in [-0.1, -0.05) is 0 Å². The lowest BCUT2D eigenvalue weighted by molar-refractivity contribution is -0.383. The van der Waals surface area contributed by atoms with E-state index >= 15 is 0 Å². The Morgan fingerprint density at radius 2 is 1.31 bits per heavy atom. The topological polar surface area (TPSA) is 147 Å². The number of nitro groups is 1. The molecule has 0 saturated heterocycles. The van der Waals surface area contributed by atoms with Crippen LogP contribution in [-0.4, -0.2) is 14.9 Å². The summed E-state index contributed by atoms with van der Waals surface area (Å²) in [6, 6.07) is 13.7. The van der Waals surface area contributed by atoms with Gasteiger partial charge in [0.2, 0.25) is 0 Å². The lowest BCUT2D eigenvalue weighted by Crippen LogP contribution is -1.96. The number of fused-ring (bicyclic) bond motifs is 2. The predicted molar refractivity (Wildman–Crippen MR) is 103 cm³/mol. The average Bonchev–Trinajstić information content (AvgIpc) is 2.66. The molecule has 4 rings (SSSR count). The van der Waals surface area contributed by atoms with Gasteiger partial charge in [-0.05, 0) is 42.5 Å². The zero-order valence-corrected chi connectivity index (χ0v) is 13.7. The third kappa shape index (κ3) is 3.16. The lowest BCUT2D eigenvalue weighted by Gasteiger charge is -2.02. The van der Waals surface area contributed by atoms with Crippen LogP contribution in [0, 0.1) is 10.1 Å². The van der Waals surface area contributed by atoms with Crippen LogP contribution in [0.4, 0.5) is 22.7 Å². The monoisotopic (exact) mass is 348 g/mol. The van der Waals surface area contributed by atoms with Crippen molar-refractivity contribution in [2.24, 2.45) is 0 Å². The fourth-order valence-electron chi connectivity index (χ4n) is 2.51. The van der Waals surface area contributed by atoms with Gasteiger partial charge in [0.25, 0.3) is 5.69 Å². The van der Waals surface area contributed by atoms with Crippen LogP contribution in [0.3, 0.4) is 0 Å². The highest BCUT2D eigenvalue weighted by Gasteiger charge is 2.13. The number of anilines is 3. The van der Waals surface area contributed by atoms with Crippen molar-refractivity contribution in [1.82, 2.24) is 9.97 Å². The Kier molecular flexibility index (Phi) is 4.48. The van der Waals surface area contributed by atoms with Crippen molar-refractivity contribution < 1.29 is 4.92 Å². The first-order valence-electron chi connectivity index (χ1n) is 7.65. The molecule has 8 heteroatoms. The Hall–Kier alpha value is -3.94. The minimum absolute atomic E-state index is 0.0782. The smallest absolute Gasteiger partial charge is 0.292 e. The highest BCUT2D eigenvalue weighted by Crippen LogP contribution is 2.28. The molecule has 0 bridgehead atoms. The van der Waals surface area contributed by atoms with E-state index in [0.29, 0.717) is 22.3 Å². The number of nitrogens with two attached hydrogens (primary N) is 3. The third-order valence-electron chi connectivity index (χ3n) is 3.86. The Labute approximate surface area is 148 Å². The van der Waals surface area contributed by atoms with Crippen LogP contribution in [0.1, 0.15) is 0 Å². The van der Waals surface area contributed by atoms with Gasteiger partial charge in [0, 0.05) is 29.2 Å². The molecule has 26 heavy (non-hydrogen) atoms. The molecule has 0 amide bonds. The van der Waals surface area contributed by atoms with E-state index in [1.807, 2.05) is 18.2 Å². The molecular weight excluding hydrogens is 332 g/mol. The van der Waals surface area contributed by atoms with Gasteiger partial charge in [-0.15, -0.1) is 0 Å². The first-order chi connectivity index (χ1) is 12.5. The van der Waals surface area contributed by atoms with Crippen molar-refractivity contribution in [3.05, 3.63) is 71.0 Å². The molecule has 2 heterocycles. The molecule has 6 N–H and O–H groups in total. The Balaban J connectivity index is 0.000000152. The molecule has 0 spiro atoms.